The summed E-state index contributed by atoms with van der Waals surface area (Å²) < 4.78 is 28.4. The van der Waals surface area contributed by atoms with E-state index in [1.807, 2.05) is 6.92 Å². The second kappa shape index (κ2) is 7.19. The van der Waals surface area contributed by atoms with Gasteiger partial charge in [0.05, 0.1) is 12.7 Å². The average molecular weight is 300 g/mol. The third-order valence-electron chi connectivity index (χ3n) is 3.47. The summed E-state index contributed by atoms with van der Waals surface area (Å²) in [6, 6.07) is 0. The highest BCUT2D eigenvalue weighted by atomic mass is 32.2. The molecule has 6 nitrogen and oxygen atoms in total. The first-order chi connectivity index (χ1) is 9.62. The Kier molecular flexibility index (Phi) is 5.56. The zero-order valence-corrected chi connectivity index (χ0v) is 12.8. The predicted molar refractivity (Wildman–Crippen MR) is 77.9 cm³/mol. The second-order valence-electron chi connectivity index (χ2n) is 5.28. The number of rotatable bonds is 10. The van der Waals surface area contributed by atoms with Crippen molar-refractivity contribution in [1.82, 2.24) is 19.8 Å². The Morgan fingerprint density at radius 2 is 2.20 bits per heavy atom. The average Bonchev–Trinajstić information content (AvgIpc) is 3.11. The van der Waals surface area contributed by atoms with Gasteiger partial charge in [0.1, 0.15) is 4.90 Å². The van der Waals surface area contributed by atoms with Crippen LogP contribution in [-0.4, -0.2) is 37.8 Å². The van der Waals surface area contributed by atoms with Gasteiger partial charge in [0.2, 0.25) is 10.0 Å². The highest BCUT2D eigenvalue weighted by molar-refractivity contribution is 7.89. The quantitative estimate of drug-likeness (QED) is 0.631. The van der Waals surface area contributed by atoms with Crippen molar-refractivity contribution in [2.75, 3.05) is 19.6 Å². The summed E-state index contributed by atoms with van der Waals surface area (Å²) in [4.78, 5) is 0.250. The molecule has 2 rings (SSSR count). The molecule has 1 fully saturated rings. The summed E-state index contributed by atoms with van der Waals surface area (Å²) in [5.74, 6) is 0.841. The van der Waals surface area contributed by atoms with Crippen molar-refractivity contribution in [3.05, 3.63) is 12.4 Å². The van der Waals surface area contributed by atoms with Crippen LogP contribution in [0.2, 0.25) is 0 Å². The van der Waals surface area contributed by atoms with Crippen LogP contribution in [0.5, 0.6) is 0 Å². The van der Waals surface area contributed by atoms with Gasteiger partial charge in [-0.1, -0.05) is 19.8 Å². The molecule has 7 heteroatoms. The van der Waals surface area contributed by atoms with Crippen LogP contribution in [0.1, 0.15) is 32.6 Å². The molecule has 0 atom stereocenters. The van der Waals surface area contributed by atoms with E-state index >= 15 is 0 Å². The number of nitrogens with zero attached hydrogens (tertiary/aromatic N) is 2. The van der Waals surface area contributed by atoms with E-state index < -0.39 is 10.0 Å². The Morgan fingerprint density at radius 1 is 1.40 bits per heavy atom. The van der Waals surface area contributed by atoms with Crippen molar-refractivity contribution in [3.8, 4) is 0 Å². The molecule has 1 aromatic heterocycles. The Balaban J connectivity index is 1.78. The third kappa shape index (κ3) is 4.88. The Hall–Kier alpha value is -0.920. The third-order valence-corrected chi connectivity index (χ3v) is 4.88. The first-order valence-electron chi connectivity index (χ1n) is 7.34. The number of hydrogen-bond acceptors (Lipinski definition) is 4. The van der Waals surface area contributed by atoms with E-state index in [0.717, 1.165) is 31.8 Å². The van der Waals surface area contributed by atoms with Crippen LogP contribution in [0.3, 0.4) is 0 Å². The van der Waals surface area contributed by atoms with Crippen LogP contribution in [-0.2, 0) is 16.6 Å². The standard InChI is InChI=1S/C13H24N4O2S/c1-2-14-8-9-17-11-13(10-15-17)20(18,19)16-7-3-4-12-5-6-12/h10-12,14,16H,2-9H2,1H3. The molecule has 1 aromatic rings. The van der Waals surface area contributed by atoms with Crippen LogP contribution in [0.4, 0.5) is 0 Å². The zero-order valence-electron chi connectivity index (χ0n) is 12.0. The largest absolute Gasteiger partial charge is 0.315 e. The lowest BCUT2D eigenvalue weighted by atomic mass is 10.2. The van der Waals surface area contributed by atoms with E-state index in [1.165, 1.54) is 19.0 Å². The van der Waals surface area contributed by atoms with Crippen LogP contribution < -0.4 is 10.0 Å². The summed E-state index contributed by atoms with van der Waals surface area (Å²) in [5, 5.41) is 7.26. The van der Waals surface area contributed by atoms with E-state index in [-0.39, 0.29) is 4.90 Å². The molecule has 20 heavy (non-hydrogen) atoms. The molecule has 0 aromatic carbocycles. The van der Waals surface area contributed by atoms with Crippen molar-refractivity contribution in [3.63, 3.8) is 0 Å². The van der Waals surface area contributed by atoms with Gasteiger partial charge in [0.25, 0.3) is 0 Å². The molecule has 0 bridgehead atoms. The van der Waals surface area contributed by atoms with Crippen molar-refractivity contribution in [1.29, 1.82) is 0 Å². The van der Waals surface area contributed by atoms with Gasteiger partial charge >= 0.3 is 0 Å². The minimum atomic E-state index is -3.40. The number of aromatic nitrogens is 2. The number of sulfonamides is 1. The minimum absolute atomic E-state index is 0.250. The zero-order chi connectivity index (χ0) is 14.4. The molecular formula is C13H24N4O2S. The summed E-state index contributed by atoms with van der Waals surface area (Å²) in [6.45, 7) is 4.90. The van der Waals surface area contributed by atoms with Gasteiger partial charge in [-0.15, -0.1) is 0 Å². The molecule has 1 saturated carbocycles. The van der Waals surface area contributed by atoms with Gasteiger partial charge in [0, 0.05) is 19.3 Å². The summed E-state index contributed by atoms with van der Waals surface area (Å²) in [5.41, 5.74) is 0. The molecule has 0 spiro atoms. The Bertz CT molecular complexity index is 508. The van der Waals surface area contributed by atoms with Crippen LogP contribution in [0.15, 0.2) is 17.3 Å². The number of hydrogen-bond donors (Lipinski definition) is 2. The summed E-state index contributed by atoms with van der Waals surface area (Å²) >= 11 is 0. The van der Waals surface area contributed by atoms with E-state index in [0.29, 0.717) is 13.1 Å². The van der Waals surface area contributed by atoms with Gasteiger partial charge in [0.15, 0.2) is 0 Å². The maximum atomic E-state index is 12.1. The summed E-state index contributed by atoms with van der Waals surface area (Å²) in [7, 11) is -3.40. The topological polar surface area (TPSA) is 76.0 Å². The smallest absolute Gasteiger partial charge is 0.243 e. The molecule has 0 aliphatic heterocycles. The van der Waals surface area contributed by atoms with Crippen molar-refractivity contribution in [2.45, 2.75) is 44.0 Å². The summed E-state index contributed by atoms with van der Waals surface area (Å²) in [6.07, 6.45) is 7.66. The number of nitrogens with one attached hydrogen (secondary N) is 2. The number of likely N-dealkylation sites (N-methyl/N-ethyl adjacent to an activating group) is 1. The van der Waals surface area contributed by atoms with E-state index in [9.17, 15) is 8.42 Å². The lowest BCUT2D eigenvalue weighted by molar-refractivity contribution is 0.561. The molecule has 2 N–H and O–H groups in total. The van der Waals surface area contributed by atoms with Crippen LogP contribution in [0.25, 0.3) is 0 Å². The molecular weight excluding hydrogens is 276 g/mol. The molecule has 1 aliphatic carbocycles. The maximum Gasteiger partial charge on any atom is 0.243 e. The van der Waals surface area contributed by atoms with Gasteiger partial charge in [-0.3, -0.25) is 4.68 Å². The van der Waals surface area contributed by atoms with Gasteiger partial charge < -0.3 is 5.32 Å². The molecule has 0 saturated heterocycles. The lowest BCUT2D eigenvalue weighted by Crippen LogP contribution is -2.24. The molecule has 1 heterocycles. The molecule has 1 aliphatic rings. The minimum Gasteiger partial charge on any atom is -0.315 e. The maximum absolute atomic E-state index is 12.1. The lowest BCUT2D eigenvalue weighted by Gasteiger charge is -2.04. The predicted octanol–water partition coefficient (Wildman–Crippen LogP) is 0.961. The second-order valence-corrected chi connectivity index (χ2v) is 7.04. The fraction of sp³-hybridized carbons (Fsp3) is 0.769. The molecule has 0 amide bonds. The Labute approximate surface area is 121 Å². The fourth-order valence-electron chi connectivity index (χ4n) is 2.06. The van der Waals surface area contributed by atoms with Gasteiger partial charge in [-0.2, -0.15) is 5.10 Å². The monoisotopic (exact) mass is 300 g/mol. The SMILES string of the molecule is CCNCCn1cc(S(=O)(=O)NCCCC2CC2)cn1. The first kappa shape index (κ1) is 15.5. The van der Waals surface area contributed by atoms with Gasteiger partial charge in [-0.25, -0.2) is 13.1 Å². The highest BCUT2D eigenvalue weighted by Gasteiger charge is 2.21. The van der Waals surface area contributed by atoms with Crippen molar-refractivity contribution >= 4 is 10.0 Å². The van der Waals surface area contributed by atoms with Crippen molar-refractivity contribution < 1.29 is 8.42 Å². The molecule has 0 radical (unpaired) electrons. The van der Waals surface area contributed by atoms with E-state index in [2.05, 4.69) is 15.1 Å². The molecule has 114 valence electrons. The first-order valence-corrected chi connectivity index (χ1v) is 8.83. The Morgan fingerprint density at radius 3 is 2.90 bits per heavy atom. The molecule has 0 unspecified atom stereocenters. The fourth-order valence-corrected chi connectivity index (χ4v) is 3.09. The van der Waals surface area contributed by atoms with Crippen LogP contribution in [0, 0.1) is 5.92 Å². The van der Waals surface area contributed by atoms with Crippen LogP contribution >= 0.6 is 0 Å². The van der Waals surface area contributed by atoms with E-state index in [1.54, 1.807) is 10.9 Å². The van der Waals surface area contributed by atoms with Crippen molar-refractivity contribution in [2.24, 2.45) is 5.92 Å². The normalized spacial score (nSPS) is 15.7. The highest BCUT2D eigenvalue weighted by Crippen LogP contribution is 2.33. The van der Waals surface area contributed by atoms with E-state index in [4.69, 9.17) is 0 Å². The van der Waals surface area contributed by atoms with Gasteiger partial charge in [-0.05, 0) is 25.3 Å².